The van der Waals surface area contributed by atoms with Crippen molar-refractivity contribution in [2.24, 2.45) is 0 Å². The first-order valence-corrected chi connectivity index (χ1v) is 8.12. The molecule has 1 unspecified atom stereocenters. The molecule has 0 saturated carbocycles. The number of methoxy groups -OCH3 is 1. The Kier molecular flexibility index (Phi) is 3.81. The molecule has 2 N–H and O–H groups in total. The summed E-state index contributed by atoms with van der Waals surface area (Å²) in [7, 11) is 1.59. The topological polar surface area (TPSA) is 83.9 Å². The van der Waals surface area contributed by atoms with Crippen LogP contribution in [0.5, 0.6) is 5.75 Å². The van der Waals surface area contributed by atoms with Crippen LogP contribution in [0.4, 0.5) is 4.39 Å². The van der Waals surface area contributed by atoms with Crippen molar-refractivity contribution >= 4 is 21.9 Å². The molecule has 132 valence electrons. The molecule has 6 nitrogen and oxygen atoms in total. The first kappa shape index (κ1) is 16.4. The number of benzene rings is 1. The van der Waals surface area contributed by atoms with Crippen LogP contribution in [0.2, 0.25) is 0 Å². The van der Waals surface area contributed by atoms with Crippen molar-refractivity contribution in [2.45, 2.75) is 20.0 Å². The van der Waals surface area contributed by atoms with E-state index in [0.29, 0.717) is 28.0 Å². The van der Waals surface area contributed by atoms with Crippen LogP contribution < -0.4 is 4.74 Å². The lowest BCUT2D eigenvalue weighted by atomic mass is 9.94. The van der Waals surface area contributed by atoms with E-state index in [1.54, 1.807) is 13.2 Å². The lowest BCUT2D eigenvalue weighted by Gasteiger charge is -2.17. The van der Waals surface area contributed by atoms with Crippen LogP contribution in [0.25, 0.3) is 21.9 Å². The molecule has 0 spiro atoms. The Morgan fingerprint density at radius 2 is 2.04 bits per heavy atom. The van der Waals surface area contributed by atoms with Crippen LogP contribution in [0.15, 0.2) is 30.5 Å². The molecule has 1 atom stereocenters. The van der Waals surface area contributed by atoms with E-state index in [2.05, 4.69) is 20.2 Å². The van der Waals surface area contributed by atoms with Gasteiger partial charge in [-0.2, -0.15) is 9.49 Å². The molecule has 0 saturated heterocycles. The zero-order valence-electron chi connectivity index (χ0n) is 14.5. The SMILES string of the molecule is COc1cc(C)c2nc3n[nH]c(C)c3c(C(O)c3ccnc(F)c3)c2c1. The highest BCUT2D eigenvalue weighted by Gasteiger charge is 2.23. The molecule has 1 aromatic carbocycles. The van der Waals surface area contributed by atoms with E-state index in [9.17, 15) is 9.50 Å². The van der Waals surface area contributed by atoms with Gasteiger partial charge in [0.25, 0.3) is 0 Å². The quantitative estimate of drug-likeness (QED) is 0.553. The zero-order valence-corrected chi connectivity index (χ0v) is 14.5. The predicted octanol–water partition coefficient (Wildman–Crippen LogP) is 3.35. The summed E-state index contributed by atoms with van der Waals surface area (Å²) in [6.07, 6.45) is 0.269. The number of aryl methyl sites for hydroxylation is 2. The molecule has 0 radical (unpaired) electrons. The standard InChI is InChI=1S/C19H17FN4O2/c1-9-6-12(26-3)8-13-16(18(25)11-4-5-21-14(20)7-11)15-10(2)23-24-19(15)22-17(9)13/h4-8,18,25H,1-3H3,(H,22,23,24). The van der Waals surface area contributed by atoms with E-state index >= 15 is 0 Å². The smallest absolute Gasteiger partial charge is 0.213 e. The lowest BCUT2D eigenvalue weighted by molar-refractivity contribution is 0.222. The molecule has 26 heavy (non-hydrogen) atoms. The van der Waals surface area contributed by atoms with Crippen molar-refractivity contribution in [1.29, 1.82) is 0 Å². The van der Waals surface area contributed by atoms with Gasteiger partial charge in [-0.15, -0.1) is 0 Å². The molecule has 0 aliphatic heterocycles. The summed E-state index contributed by atoms with van der Waals surface area (Å²) in [5.74, 6) is 0.0143. The molecule has 0 bridgehead atoms. The summed E-state index contributed by atoms with van der Waals surface area (Å²) < 4.78 is 19.0. The number of hydrogen-bond acceptors (Lipinski definition) is 5. The normalized spacial score (nSPS) is 12.7. The third-order valence-corrected chi connectivity index (χ3v) is 4.55. The number of H-pyrrole nitrogens is 1. The van der Waals surface area contributed by atoms with Crippen LogP contribution in [0, 0.1) is 19.8 Å². The molecule has 4 aromatic rings. The second-order valence-corrected chi connectivity index (χ2v) is 6.23. The summed E-state index contributed by atoms with van der Waals surface area (Å²) in [5, 5.41) is 19.7. The summed E-state index contributed by atoms with van der Waals surface area (Å²) >= 11 is 0. The summed E-state index contributed by atoms with van der Waals surface area (Å²) in [5.41, 5.74) is 3.92. The molecule has 3 aromatic heterocycles. The van der Waals surface area contributed by atoms with E-state index < -0.39 is 12.1 Å². The summed E-state index contributed by atoms with van der Waals surface area (Å²) in [4.78, 5) is 8.19. The molecular formula is C19H17FN4O2. The van der Waals surface area contributed by atoms with E-state index in [-0.39, 0.29) is 0 Å². The van der Waals surface area contributed by atoms with Crippen LogP contribution in [-0.2, 0) is 0 Å². The number of aliphatic hydroxyl groups excluding tert-OH is 1. The van der Waals surface area contributed by atoms with E-state index in [4.69, 9.17) is 4.74 Å². The minimum atomic E-state index is -1.07. The molecule has 3 heterocycles. The van der Waals surface area contributed by atoms with Crippen molar-refractivity contribution in [3.05, 3.63) is 58.8 Å². The predicted molar refractivity (Wildman–Crippen MR) is 95.7 cm³/mol. The number of rotatable bonds is 3. The largest absolute Gasteiger partial charge is 0.497 e. The highest BCUT2D eigenvalue weighted by Crippen LogP contribution is 2.37. The maximum atomic E-state index is 13.6. The number of ether oxygens (including phenoxy) is 1. The molecule has 4 rings (SSSR count). The van der Waals surface area contributed by atoms with E-state index in [1.807, 2.05) is 26.0 Å². The fraction of sp³-hybridized carbons (Fsp3) is 0.211. The van der Waals surface area contributed by atoms with Crippen LogP contribution >= 0.6 is 0 Å². The Labute approximate surface area is 148 Å². The maximum Gasteiger partial charge on any atom is 0.213 e. The van der Waals surface area contributed by atoms with Crippen LogP contribution in [0.3, 0.4) is 0 Å². The number of hydrogen-bond donors (Lipinski definition) is 2. The Hall–Kier alpha value is -3.06. The van der Waals surface area contributed by atoms with Crippen molar-refractivity contribution < 1.29 is 14.2 Å². The van der Waals surface area contributed by atoms with Crippen molar-refractivity contribution in [3.8, 4) is 5.75 Å². The van der Waals surface area contributed by atoms with Gasteiger partial charge in [0.2, 0.25) is 5.95 Å². The number of fused-ring (bicyclic) bond motifs is 2. The van der Waals surface area contributed by atoms with Crippen molar-refractivity contribution in [1.82, 2.24) is 20.2 Å². The zero-order chi connectivity index (χ0) is 18.4. The third-order valence-electron chi connectivity index (χ3n) is 4.55. The van der Waals surface area contributed by atoms with Gasteiger partial charge in [0.1, 0.15) is 11.9 Å². The number of nitrogens with zero attached hydrogens (tertiary/aromatic N) is 3. The number of nitrogens with one attached hydrogen (secondary N) is 1. The second-order valence-electron chi connectivity index (χ2n) is 6.23. The summed E-state index contributed by atoms with van der Waals surface area (Å²) in [6.45, 7) is 3.78. The Bertz CT molecular complexity index is 1140. The van der Waals surface area contributed by atoms with Gasteiger partial charge in [-0.3, -0.25) is 5.10 Å². The lowest BCUT2D eigenvalue weighted by Crippen LogP contribution is -2.05. The minimum Gasteiger partial charge on any atom is -0.497 e. The fourth-order valence-electron chi connectivity index (χ4n) is 3.32. The highest BCUT2D eigenvalue weighted by atomic mass is 19.1. The Morgan fingerprint density at radius 1 is 1.23 bits per heavy atom. The van der Waals surface area contributed by atoms with Gasteiger partial charge in [0.05, 0.1) is 12.6 Å². The average molecular weight is 352 g/mol. The van der Waals surface area contributed by atoms with Gasteiger partial charge < -0.3 is 9.84 Å². The summed E-state index contributed by atoms with van der Waals surface area (Å²) in [6, 6.07) is 6.53. The monoisotopic (exact) mass is 352 g/mol. The van der Waals surface area contributed by atoms with Gasteiger partial charge in [-0.05, 0) is 49.2 Å². The Morgan fingerprint density at radius 3 is 2.77 bits per heavy atom. The first-order valence-electron chi connectivity index (χ1n) is 8.12. The number of aromatic nitrogens is 4. The van der Waals surface area contributed by atoms with Gasteiger partial charge in [-0.1, -0.05) is 0 Å². The first-order chi connectivity index (χ1) is 12.5. The fourth-order valence-corrected chi connectivity index (χ4v) is 3.32. The van der Waals surface area contributed by atoms with Gasteiger partial charge in [0, 0.05) is 28.2 Å². The number of aliphatic hydroxyl groups is 1. The number of pyridine rings is 2. The second kappa shape index (κ2) is 6.03. The van der Waals surface area contributed by atoms with E-state index in [0.717, 1.165) is 22.0 Å². The number of aromatic amines is 1. The van der Waals surface area contributed by atoms with Crippen molar-refractivity contribution in [3.63, 3.8) is 0 Å². The van der Waals surface area contributed by atoms with E-state index in [1.165, 1.54) is 12.3 Å². The van der Waals surface area contributed by atoms with Crippen LogP contribution in [-0.4, -0.2) is 32.4 Å². The molecular weight excluding hydrogens is 335 g/mol. The third kappa shape index (κ3) is 2.48. The number of halogens is 1. The maximum absolute atomic E-state index is 13.6. The molecule has 0 amide bonds. The van der Waals surface area contributed by atoms with Crippen molar-refractivity contribution in [2.75, 3.05) is 7.11 Å². The Balaban J connectivity index is 2.12. The minimum absolute atomic E-state index is 0.410. The van der Waals surface area contributed by atoms with Gasteiger partial charge in [0.15, 0.2) is 5.65 Å². The molecule has 0 aliphatic rings. The van der Waals surface area contributed by atoms with Gasteiger partial charge in [-0.25, -0.2) is 9.97 Å². The molecule has 0 fully saturated rings. The van der Waals surface area contributed by atoms with Crippen LogP contribution in [0.1, 0.15) is 28.5 Å². The molecule has 7 heteroatoms. The molecule has 0 aliphatic carbocycles. The highest BCUT2D eigenvalue weighted by molar-refractivity contribution is 5.99. The average Bonchev–Trinajstić information content (AvgIpc) is 3.00. The van der Waals surface area contributed by atoms with Gasteiger partial charge >= 0.3 is 0 Å².